The monoisotopic (exact) mass is 365 g/mol. The summed E-state index contributed by atoms with van der Waals surface area (Å²) in [4.78, 5) is 12.2. The quantitative estimate of drug-likeness (QED) is 0.709. The molecule has 0 unspecified atom stereocenters. The summed E-state index contributed by atoms with van der Waals surface area (Å²) in [6.07, 6.45) is 3.33. The third-order valence-corrected chi connectivity index (χ3v) is 3.30. The van der Waals surface area contributed by atoms with Gasteiger partial charge in [-0.2, -0.15) is 20.1 Å². The molecule has 0 aliphatic rings. The Hall–Kier alpha value is -1.99. The van der Waals surface area contributed by atoms with Gasteiger partial charge in [0.15, 0.2) is 0 Å². The van der Waals surface area contributed by atoms with Crippen LogP contribution in [0.1, 0.15) is 5.56 Å². The van der Waals surface area contributed by atoms with E-state index >= 15 is 0 Å². The standard InChI is InChI=1S/C13H9BrClN5O/c1-8-3-4-9(14)7-10(8)21-13-18-11(15)17-12(19-13)20-6-2-5-16-20/h2-7H,1H3. The normalized spacial score (nSPS) is 10.6. The molecule has 0 spiro atoms. The summed E-state index contributed by atoms with van der Waals surface area (Å²) < 4.78 is 8.07. The summed E-state index contributed by atoms with van der Waals surface area (Å²) in [5.41, 5.74) is 0.954. The van der Waals surface area contributed by atoms with Crippen LogP contribution in [0.5, 0.6) is 11.8 Å². The molecule has 0 saturated carbocycles. The molecule has 0 fully saturated rings. The van der Waals surface area contributed by atoms with E-state index in [0.717, 1.165) is 10.0 Å². The lowest BCUT2D eigenvalue weighted by atomic mass is 10.2. The smallest absolute Gasteiger partial charge is 0.328 e. The van der Waals surface area contributed by atoms with Crippen LogP contribution in [0.2, 0.25) is 5.28 Å². The highest BCUT2D eigenvalue weighted by molar-refractivity contribution is 9.10. The summed E-state index contributed by atoms with van der Waals surface area (Å²) in [6.45, 7) is 1.93. The number of benzene rings is 1. The van der Waals surface area contributed by atoms with E-state index in [1.807, 2.05) is 25.1 Å². The van der Waals surface area contributed by atoms with Gasteiger partial charge in [-0.05, 0) is 42.3 Å². The molecule has 0 aliphatic carbocycles. The van der Waals surface area contributed by atoms with Crippen molar-refractivity contribution in [1.82, 2.24) is 24.7 Å². The first kappa shape index (κ1) is 14.0. The Morgan fingerprint density at radius 3 is 2.86 bits per heavy atom. The predicted octanol–water partition coefficient (Wildman–Crippen LogP) is 3.57. The molecule has 6 nitrogen and oxygen atoms in total. The fraction of sp³-hybridized carbons (Fsp3) is 0.0769. The number of ether oxygens (including phenoxy) is 1. The maximum atomic E-state index is 5.91. The maximum absolute atomic E-state index is 5.91. The average Bonchev–Trinajstić information content (AvgIpc) is 2.96. The molecule has 0 N–H and O–H groups in total. The van der Waals surface area contributed by atoms with Crippen molar-refractivity contribution in [2.75, 3.05) is 0 Å². The Labute approximate surface area is 133 Å². The highest BCUT2D eigenvalue weighted by Crippen LogP contribution is 2.26. The Bertz CT molecular complexity index is 778. The van der Waals surface area contributed by atoms with E-state index < -0.39 is 0 Å². The Morgan fingerprint density at radius 2 is 2.10 bits per heavy atom. The van der Waals surface area contributed by atoms with E-state index in [9.17, 15) is 0 Å². The van der Waals surface area contributed by atoms with Crippen LogP contribution in [0.4, 0.5) is 0 Å². The summed E-state index contributed by atoms with van der Waals surface area (Å²) in [5, 5.41) is 4.09. The van der Waals surface area contributed by atoms with Crippen molar-refractivity contribution >= 4 is 27.5 Å². The van der Waals surface area contributed by atoms with Crippen molar-refractivity contribution in [3.05, 3.63) is 52.0 Å². The van der Waals surface area contributed by atoms with E-state index in [4.69, 9.17) is 16.3 Å². The van der Waals surface area contributed by atoms with Crippen molar-refractivity contribution < 1.29 is 4.74 Å². The minimum atomic E-state index is 0.0400. The second-order valence-electron chi connectivity index (χ2n) is 4.15. The van der Waals surface area contributed by atoms with Gasteiger partial charge < -0.3 is 4.74 Å². The lowest BCUT2D eigenvalue weighted by Crippen LogP contribution is -2.05. The Balaban J connectivity index is 1.97. The number of aryl methyl sites for hydroxylation is 1. The average molecular weight is 367 g/mol. The van der Waals surface area contributed by atoms with Crippen molar-refractivity contribution in [3.63, 3.8) is 0 Å². The molecule has 8 heteroatoms. The number of hydrogen-bond donors (Lipinski definition) is 0. The van der Waals surface area contributed by atoms with Crippen molar-refractivity contribution in [2.24, 2.45) is 0 Å². The minimum absolute atomic E-state index is 0.0400. The number of rotatable bonds is 3. The molecule has 0 bridgehead atoms. The van der Waals surface area contributed by atoms with Crippen LogP contribution in [-0.4, -0.2) is 24.7 Å². The molecule has 0 atom stereocenters. The largest absolute Gasteiger partial charge is 0.424 e. The van der Waals surface area contributed by atoms with Crippen molar-refractivity contribution in [1.29, 1.82) is 0 Å². The molecule has 21 heavy (non-hydrogen) atoms. The molecule has 106 valence electrons. The Morgan fingerprint density at radius 1 is 1.24 bits per heavy atom. The fourth-order valence-corrected chi connectivity index (χ4v) is 2.13. The molecule has 0 aliphatic heterocycles. The van der Waals surface area contributed by atoms with Crippen LogP contribution < -0.4 is 4.74 Å². The zero-order chi connectivity index (χ0) is 14.8. The van der Waals surface area contributed by atoms with E-state index in [-0.39, 0.29) is 11.3 Å². The summed E-state index contributed by atoms with van der Waals surface area (Å²) in [7, 11) is 0. The van der Waals surface area contributed by atoms with Crippen LogP contribution >= 0.6 is 27.5 Å². The first-order chi connectivity index (χ1) is 10.1. The second-order valence-corrected chi connectivity index (χ2v) is 5.40. The number of hydrogen-bond acceptors (Lipinski definition) is 5. The van der Waals surface area contributed by atoms with Crippen LogP contribution in [0.3, 0.4) is 0 Å². The fourth-order valence-electron chi connectivity index (χ4n) is 1.64. The third-order valence-electron chi connectivity index (χ3n) is 2.64. The van der Waals surface area contributed by atoms with Crippen LogP contribution in [0.15, 0.2) is 41.1 Å². The molecule has 3 rings (SSSR count). The van der Waals surface area contributed by atoms with Gasteiger partial charge in [-0.1, -0.05) is 22.0 Å². The zero-order valence-electron chi connectivity index (χ0n) is 10.9. The summed E-state index contributed by atoms with van der Waals surface area (Å²) in [6, 6.07) is 7.56. The number of halogens is 2. The van der Waals surface area contributed by atoms with Gasteiger partial charge in [0.25, 0.3) is 5.95 Å². The minimum Gasteiger partial charge on any atom is -0.424 e. The van der Waals surface area contributed by atoms with E-state index in [1.54, 1.807) is 18.5 Å². The van der Waals surface area contributed by atoms with Gasteiger partial charge in [0, 0.05) is 16.9 Å². The van der Waals surface area contributed by atoms with Gasteiger partial charge in [0.1, 0.15) is 5.75 Å². The highest BCUT2D eigenvalue weighted by Gasteiger charge is 2.10. The highest BCUT2D eigenvalue weighted by atomic mass is 79.9. The van der Waals surface area contributed by atoms with E-state index in [2.05, 4.69) is 36.0 Å². The van der Waals surface area contributed by atoms with Gasteiger partial charge in [-0.25, -0.2) is 4.68 Å². The summed E-state index contributed by atoms with van der Waals surface area (Å²) >= 11 is 9.31. The molecule has 0 amide bonds. The topological polar surface area (TPSA) is 65.7 Å². The molecule has 3 aromatic rings. The molecule has 0 radical (unpaired) electrons. The second kappa shape index (κ2) is 5.79. The maximum Gasteiger partial charge on any atom is 0.328 e. The van der Waals surface area contributed by atoms with Crippen molar-refractivity contribution in [3.8, 4) is 17.7 Å². The predicted molar refractivity (Wildman–Crippen MR) is 80.9 cm³/mol. The van der Waals surface area contributed by atoms with Gasteiger partial charge in [-0.15, -0.1) is 0 Å². The van der Waals surface area contributed by atoms with Crippen molar-refractivity contribution in [2.45, 2.75) is 6.92 Å². The molecule has 2 aromatic heterocycles. The third kappa shape index (κ3) is 3.20. The van der Waals surface area contributed by atoms with Gasteiger partial charge in [-0.3, -0.25) is 0 Å². The molecule has 1 aromatic carbocycles. The first-order valence-corrected chi connectivity index (χ1v) is 7.14. The van der Waals surface area contributed by atoms with Crippen LogP contribution in [0, 0.1) is 6.92 Å². The van der Waals surface area contributed by atoms with Crippen LogP contribution in [-0.2, 0) is 0 Å². The summed E-state index contributed by atoms with van der Waals surface area (Å²) in [5.74, 6) is 0.931. The zero-order valence-corrected chi connectivity index (χ0v) is 13.2. The SMILES string of the molecule is Cc1ccc(Br)cc1Oc1nc(Cl)nc(-n2cccn2)n1. The van der Waals surface area contributed by atoms with E-state index in [1.165, 1.54) is 4.68 Å². The first-order valence-electron chi connectivity index (χ1n) is 5.97. The number of aromatic nitrogens is 5. The van der Waals surface area contributed by atoms with Gasteiger partial charge in [0.05, 0.1) is 0 Å². The lowest BCUT2D eigenvalue weighted by molar-refractivity contribution is 0.434. The van der Waals surface area contributed by atoms with E-state index in [0.29, 0.717) is 11.7 Å². The Kier molecular flexibility index (Phi) is 3.85. The lowest BCUT2D eigenvalue weighted by Gasteiger charge is -2.08. The van der Waals surface area contributed by atoms with Crippen LogP contribution in [0.25, 0.3) is 5.95 Å². The molecular weight excluding hydrogens is 358 g/mol. The molecule has 0 saturated heterocycles. The molecule has 2 heterocycles. The number of nitrogens with zero attached hydrogens (tertiary/aromatic N) is 5. The van der Waals surface area contributed by atoms with Gasteiger partial charge in [0.2, 0.25) is 5.28 Å². The van der Waals surface area contributed by atoms with Gasteiger partial charge >= 0.3 is 6.01 Å². The molecular formula is C13H9BrClN5O.